The lowest BCUT2D eigenvalue weighted by Gasteiger charge is -2.12. The molecule has 176 valence electrons. The quantitative estimate of drug-likeness (QED) is 0.428. The van der Waals surface area contributed by atoms with Gasteiger partial charge in [0.25, 0.3) is 10.0 Å². The molecule has 0 radical (unpaired) electrons. The molecule has 0 unspecified atom stereocenters. The fourth-order valence-electron chi connectivity index (χ4n) is 4.41. The van der Waals surface area contributed by atoms with E-state index in [2.05, 4.69) is 14.7 Å². The Morgan fingerprint density at radius 1 is 1.09 bits per heavy atom. The minimum Gasteiger partial charge on any atom is -0.383 e. The lowest BCUT2D eigenvalue weighted by atomic mass is 10.1. The summed E-state index contributed by atoms with van der Waals surface area (Å²) in [4.78, 5) is 8.17. The molecule has 11 heteroatoms. The number of hydrogen-bond acceptors (Lipinski definition) is 6. The fraction of sp³-hybridized carbons (Fsp3) is 0.261. The van der Waals surface area contributed by atoms with E-state index in [0.717, 1.165) is 37.8 Å². The zero-order valence-electron chi connectivity index (χ0n) is 18.3. The number of aryl methyl sites for hydroxylation is 1. The van der Waals surface area contributed by atoms with Crippen LogP contribution in [0.4, 0.5) is 20.3 Å². The second kappa shape index (κ2) is 8.32. The molecule has 0 spiro atoms. The van der Waals surface area contributed by atoms with Gasteiger partial charge < -0.3 is 5.73 Å². The van der Waals surface area contributed by atoms with Crippen molar-refractivity contribution in [2.75, 3.05) is 10.5 Å². The van der Waals surface area contributed by atoms with Crippen molar-refractivity contribution in [1.29, 1.82) is 0 Å². The summed E-state index contributed by atoms with van der Waals surface area (Å²) in [6.07, 6.45) is 5.50. The number of halogens is 2. The molecule has 5 rings (SSSR count). The van der Waals surface area contributed by atoms with Crippen molar-refractivity contribution in [3.05, 3.63) is 59.9 Å². The van der Waals surface area contributed by atoms with Gasteiger partial charge in [-0.2, -0.15) is 5.10 Å². The molecular formula is C23H22F2N6O2S. The fourth-order valence-corrected chi connectivity index (χ4v) is 5.73. The van der Waals surface area contributed by atoms with Crippen LogP contribution in [0.5, 0.6) is 0 Å². The minimum atomic E-state index is -4.20. The topological polar surface area (TPSA) is 116 Å². The summed E-state index contributed by atoms with van der Waals surface area (Å²) in [6, 6.07) is 7.62. The van der Waals surface area contributed by atoms with Crippen molar-refractivity contribution in [1.82, 2.24) is 19.7 Å². The first kappa shape index (κ1) is 22.2. The van der Waals surface area contributed by atoms with Gasteiger partial charge in [-0.3, -0.25) is 4.72 Å². The number of fused-ring (bicyclic) bond motifs is 1. The summed E-state index contributed by atoms with van der Waals surface area (Å²) >= 11 is 0. The largest absolute Gasteiger partial charge is 0.383 e. The molecule has 0 bridgehead atoms. The van der Waals surface area contributed by atoms with E-state index in [-0.39, 0.29) is 22.4 Å². The van der Waals surface area contributed by atoms with Gasteiger partial charge in [-0.1, -0.05) is 25.0 Å². The number of hydrogen-bond donors (Lipinski definition) is 2. The third-order valence-corrected chi connectivity index (χ3v) is 7.62. The summed E-state index contributed by atoms with van der Waals surface area (Å²) < 4.78 is 58.2. The van der Waals surface area contributed by atoms with Gasteiger partial charge in [0.05, 0.1) is 22.0 Å². The first-order valence-electron chi connectivity index (χ1n) is 10.8. The molecule has 1 fully saturated rings. The monoisotopic (exact) mass is 484 g/mol. The van der Waals surface area contributed by atoms with Gasteiger partial charge in [-0.25, -0.2) is 31.8 Å². The standard InChI is InChI=1S/C23H22F2N6O2S/c1-13-6-8-15(24)11-19(13)34(32,33)30-18-9-7-14(10-17(18)25)21-20-22(26)27-12-28-23(20)31(29-21)16-4-2-3-5-16/h6-12,16,30H,2-5H2,1H3,(H2,26,27,28). The highest BCUT2D eigenvalue weighted by Gasteiger charge is 2.25. The van der Waals surface area contributed by atoms with Crippen molar-refractivity contribution in [2.24, 2.45) is 0 Å². The molecule has 1 aliphatic carbocycles. The van der Waals surface area contributed by atoms with Crippen molar-refractivity contribution >= 4 is 32.6 Å². The average molecular weight is 485 g/mol. The third kappa shape index (κ3) is 3.85. The lowest BCUT2D eigenvalue weighted by molar-refractivity contribution is 0.479. The number of aromatic nitrogens is 4. The van der Waals surface area contributed by atoms with Crippen molar-refractivity contribution in [3.8, 4) is 11.3 Å². The highest BCUT2D eigenvalue weighted by atomic mass is 32.2. The lowest BCUT2D eigenvalue weighted by Crippen LogP contribution is -2.15. The van der Waals surface area contributed by atoms with Crippen molar-refractivity contribution < 1.29 is 17.2 Å². The summed E-state index contributed by atoms with van der Waals surface area (Å²) in [5, 5.41) is 5.23. The SMILES string of the molecule is Cc1ccc(F)cc1S(=O)(=O)Nc1ccc(-c2nn(C3CCCC3)c3ncnc(N)c23)cc1F. The first-order valence-corrected chi connectivity index (χ1v) is 12.3. The molecule has 2 aromatic heterocycles. The second-order valence-corrected chi connectivity index (χ2v) is 10.0. The van der Waals surface area contributed by atoms with E-state index in [1.165, 1.54) is 31.5 Å². The van der Waals surface area contributed by atoms with Crippen LogP contribution in [0.1, 0.15) is 37.3 Å². The molecule has 3 N–H and O–H groups in total. The predicted octanol–water partition coefficient (Wildman–Crippen LogP) is 4.58. The molecule has 0 saturated heterocycles. The molecule has 0 amide bonds. The zero-order chi connectivity index (χ0) is 24.0. The van der Waals surface area contributed by atoms with Crippen LogP contribution in [0.25, 0.3) is 22.3 Å². The normalized spacial score (nSPS) is 14.7. The minimum absolute atomic E-state index is 0.177. The van der Waals surface area contributed by atoms with E-state index in [9.17, 15) is 12.8 Å². The summed E-state index contributed by atoms with van der Waals surface area (Å²) in [5.74, 6) is -1.28. The van der Waals surface area contributed by atoms with E-state index >= 15 is 4.39 Å². The Hall–Kier alpha value is -3.60. The number of nitrogen functional groups attached to an aromatic ring is 1. The van der Waals surface area contributed by atoms with E-state index < -0.39 is 21.7 Å². The molecule has 8 nitrogen and oxygen atoms in total. The molecule has 34 heavy (non-hydrogen) atoms. The first-order chi connectivity index (χ1) is 16.2. The third-order valence-electron chi connectivity index (χ3n) is 6.12. The maximum Gasteiger partial charge on any atom is 0.262 e. The zero-order valence-corrected chi connectivity index (χ0v) is 19.1. The average Bonchev–Trinajstić information content (AvgIpc) is 3.45. The molecule has 1 saturated carbocycles. The number of nitrogens with zero attached hydrogens (tertiary/aromatic N) is 4. The van der Waals surface area contributed by atoms with Gasteiger partial charge >= 0.3 is 0 Å². The van der Waals surface area contributed by atoms with Gasteiger partial charge in [-0.05, 0) is 49.6 Å². The Bertz CT molecular complexity index is 1510. The Labute approximate surface area is 194 Å². The van der Waals surface area contributed by atoms with Crippen LogP contribution in [0, 0.1) is 18.6 Å². The van der Waals surface area contributed by atoms with E-state index in [4.69, 9.17) is 10.8 Å². The number of anilines is 2. The van der Waals surface area contributed by atoms with E-state index in [1.807, 2.05) is 4.68 Å². The van der Waals surface area contributed by atoms with Crippen LogP contribution in [0.2, 0.25) is 0 Å². The highest BCUT2D eigenvalue weighted by Crippen LogP contribution is 2.37. The molecule has 2 aromatic carbocycles. The van der Waals surface area contributed by atoms with Gasteiger partial charge in [0.15, 0.2) is 5.65 Å². The van der Waals surface area contributed by atoms with Gasteiger partial charge in [0.2, 0.25) is 0 Å². The molecule has 4 aromatic rings. The van der Waals surface area contributed by atoms with E-state index in [1.54, 1.807) is 6.07 Å². The van der Waals surface area contributed by atoms with Gasteiger partial charge in [-0.15, -0.1) is 0 Å². The molecule has 2 heterocycles. The smallest absolute Gasteiger partial charge is 0.262 e. The second-order valence-electron chi connectivity index (χ2n) is 8.40. The summed E-state index contributed by atoms with van der Waals surface area (Å²) in [7, 11) is -4.20. The number of nitrogens with two attached hydrogens (primary N) is 1. The maximum atomic E-state index is 15.1. The highest BCUT2D eigenvalue weighted by molar-refractivity contribution is 7.92. The van der Waals surface area contributed by atoms with Gasteiger partial charge in [0.1, 0.15) is 29.5 Å². The molecule has 0 aliphatic heterocycles. The summed E-state index contributed by atoms with van der Waals surface area (Å²) in [5.41, 5.74) is 7.62. The number of nitrogens with one attached hydrogen (secondary N) is 1. The van der Waals surface area contributed by atoms with Crippen LogP contribution in [-0.2, 0) is 10.0 Å². The Balaban J connectivity index is 1.54. The maximum absolute atomic E-state index is 15.1. The Morgan fingerprint density at radius 3 is 2.59 bits per heavy atom. The number of sulfonamides is 1. The Kier molecular flexibility index (Phi) is 5.43. The van der Waals surface area contributed by atoms with Crippen LogP contribution < -0.4 is 10.5 Å². The van der Waals surface area contributed by atoms with Crippen molar-refractivity contribution in [3.63, 3.8) is 0 Å². The molecular weight excluding hydrogens is 462 g/mol. The van der Waals surface area contributed by atoms with Crippen molar-refractivity contribution in [2.45, 2.75) is 43.5 Å². The van der Waals surface area contributed by atoms with E-state index in [0.29, 0.717) is 27.9 Å². The van der Waals surface area contributed by atoms with Crippen LogP contribution in [-0.4, -0.2) is 28.2 Å². The number of benzene rings is 2. The molecule has 1 aliphatic rings. The Morgan fingerprint density at radius 2 is 1.85 bits per heavy atom. The van der Waals surface area contributed by atoms with Crippen LogP contribution >= 0.6 is 0 Å². The predicted molar refractivity (Wildman–Crippen MR) is 125 cm³/mol. The summed E-state index contributed by atoms with van der Waals surface area (Å²) in [6.45, 7) is 1.53. The van der Waals surface area contributed by atoms with Gasteiger partial charge in [0, 0.05) is 5.56 Å². The van der Waals surface area contributed by atoms with Crippen LogP contribution in [0.15, 0.2) is 47.6 Å². The molecule has 0 atom stereocenters. The van der Waals surface area contributed by atoms with Crippen LogP contribution in [0.3, 0.4) is 0 Å². The number of rotatable bonds is 5.